The second kappa shape index (κ2) is 9.79. The maximum absolute atomic E-state index is 11.6. The second-order valence-electron chi connectivity index (χ2n) is 5.82. The Morgan fingerprint density at radius 2 is 1.88 bits per heavy atom. The summed E-state index contributed by atoms with van der Waals surface area (Å²) in [5, 5.41) is 2.96. The van der Waals surface area contributed by atoms with Crippen molar-refractivity contribution in [2.75, 3.05) is 20.8 Å². The molecule has 1 N–H and O–H groups in total. The topological polar surface area (TPSA) is 60.5 Å². The number of methoxy groups -OCH3 is 1. The SMILES string of the molecule is CCc1ccc(CCOc2ccc(CC(NC)C(=O)OC)cc2)nc1. The largest absolute Gasteiger partial charge is 0.493 e. The third-order valence-corrected chi connectivity index (χ3v) is 4.12. The fourth-order valence-electron chi connectivity index (χ4n) is 2.49. The van der Waals surface area contributed by atoms with Gasteiger partial charge in [0.2, 0.25) is 0 Å². The number of rotatable bonds is 9. The minimum Gasteiger partial charge on any atom is -0.493 e. The molecule has 1 aromatic heterocycles. The number of benzene rings is 1. The molecule has 25 heavy (non-hydrogen) atoms. The van der Waals surface area contributed by atoms with Gasteiger partial charge in [0.15, 0.2) is 0 Å². The lowest BCUT2D eigenvalue weighted by atomic mass is 10.1. The average Bonchev–Trinajstić information content (AvgIpc) is 2.67. The van der Waals surface area contributed by atoms with E-state index in [0.717, 1.165) is 29.8 Å². The first-order valence-electron chi connectivity index (χ1n) is 8.57. The Morgan fingerprint density at radius 3 is 2.44 bits per heavy atom. The Bertz CT molecular complexity index is 654. The molecule has 0 radical (unpaired) electrons. The fourth-order valence-corrected chi connectivity index (χ4v) is 2.49. The lowest BCUT2D eigenvalue weighted by Gasteiger charge is -2.14. The van der Waals surface area contributed by atoms with Crippen molar-refractivity contribution in [3.63, 3.8) is 0 Å². The zero-order chi connectivity index (χ0) is 18.1. The third-order valence-electron chi connectivity index (χ3n) is 4.12. The van der Waals surface area contributed by atoms with E-state index in [1.165, 1.54) is 12.7 Å². The molecule has 0 spiro atoms. The molecule has 0 saturated carbocycles. The smallest absolute Gasteiger partial charge is 0.323 e. The molecule has 1 aromatic carbocycles. The molecular formula is C20H26N2O3. The van der Waals surface area contributed by atoms with Crippen molar-refractivity contribution in [3.05, 3.63) is 59.4 Å². The van der Waals surface area contributed by atoms with Crippen molar-refractivity contribution in [1.29, 1.82) is 0 Å². The summed E-state index contributed by atoms with van der Waals surface area (Å²) in [5.41, 5.74) is 3.32. The number of likely N-dealkylation sites (N-methyl/N-ethyl adjacent to an activating group) is 1. The van der Waals surface area contributed by atoms with Crippen molar-refractivity contribution in [3.8, 4) is 5.75 Å². The summed E-state index contributed by atoms with van der Waals surface area (Å²) >= 11 is 0. The van der Waals surface area contributed by atoms with Crippen molar-refractivity contribution >= 4 is 5.97 Å². The molecule has 5 nitrogen and oxygen atoms in total. The van der Waals surface area contributed by atoms with Gasteiger partial charge in [-0.1, -0.05) is 25.1 Å². The highest BCUT2D eigenvalue weighted by molar-refractivity contribution is 5.76. The zero-order valence-corrected chi connectivity index (χ0v) is 15.1. The Kier molecular flexibility index (Phi) is 7.41. The summed E-state index contributed by atoms with van der Waals surface area (Å²) in [5.74, 6) is 0.553. The van der Waals surface area contributed by atoms with Crippen LogP contribution in [0.25, 0.3) is 0 Å². The Hall–Kier alpha value is -2.40. The summed E-state index contributed by atoms with van der Waals surface area (Å²) in [6.45, 7) is 2.70. The lowest BCUT2D eigenvalue weighted by molar-refractivity contribution is -0.142. The van der Waals surface area contributed by atoms with Crippen LogP contribution in [0, 0.1) is 0 Å². The molecule has 2 aromatic rings. The first kappa shape index (κ1) is 18.9. The monoisotopic (exact) mass is 342 g/mol. The van der Waals surface area contributed by atoms with Crippen LogP contribution in [0.2, 0.25) is 0 Å². The van der Waals surface area contributed by atoms with Crippen LogP contribution in [0.5, 0.6) is 5.75 Å². The van der Waals surface area contributed by atoms with E-state index >= 15 is 0 Å². The third kappa shape index (κ3) is 5.87. The summed E-state index contributed by atoms with van der Waals surface area (Å²) in [7, 11) is 3.15. The van der Waals surface area contributed by atoms with Gasteiger partial charge in [0.1, 0.15) is 11.8 Å². The van der Waals surface area contributed by atoms with Gasteiger partial charge in [-0.3, -0.25) is 9.78 Å². The predicted molar refractivity (Wildman–Crippen MR) is 97.8 cm³/mol. The number of hydrogen-bond donors (Lipinski definition) is 1. The molecule has 1 heterocycles. The fraction of sp³-hybridized carbons (Fsp3) is 0.400. The van der Waals surface area contributed by atoms with E-state index in [2.05, 4.69) is 29.4 Å². The normalized spacial score (nSPS) is 11.8. The molecule has 1 unspecified atom stereocenters. The number of esters is 1. The highest BCUT2D eigenvalue weighted by atomic mass is 16.5. The average molecular weight is 342 g/mol. The van der Waals surface area contributed by atoms with Crippen molar-refractivity contribution < 1.29 is 14.3 Å². The van der Waals surface area contributed by atoms with Gasteiger partial charge in [-0.15, -0.1) is 0 Å². The van der Waals surface area contributed by atoms with Crippen LogP contribution in [-0.2, 0) is 28.8 Å². The molecule has 1 atom stereocenters. The molecule has 5 heteroatoms. The zero-order valence-electron chi connectivity index (χ0n) is 15.1. The highest BCUT2D eigenvalue weighted by Crippen LogP contribution is 2.14. The molecule has 2 rings (SSSR count). The second-order valence-corrected chi connectivity index (χ2v) is 5.82. The van der Waals surface area contributed by atoms with Crippen LogP contribution in [0.15, 0.2) is 42.6 Å². The van der Waals surface area contributed by atoms with E-state index < -0.39 is 0 Å². The number of aryl methyl sites for hydroxylation is 1. The van der Waals surface area contributed by atoms with Crippen LogP contribution < -0.4 is 10.1 Å². The van der Waals surface area contributed by atoms with E-state index in [-0.39, 0.29) is 12.0 Å². The van der Waals surface area contributed by atoms with Gasteiger partial charge in [-0.05, 0) is 49.2 Å². The Balaban J connectivity index is 1.82. The lowest BCUT2D eigenvalue weighted by Crippen LogP contribution is -2.36. The van der Waals surface area contributed by atoms with Crippen LogP contribution >= 0.6 is 0 Å². The van der Waals surface area contributed by atoms with Crippen molar-refractivity contribution in [2.45, 2.75) is 32.2 Å². The Labute approximate surface area is 149 Å². The maximum atomic E-state index is 11.6. The van der Waals surface area contributed by atoms with E-state index in [9.17, 15) is 4.79 Å². The number of aromatic nitrogens is 1. The predicted octanol–water partition coefficient (Wildman–Crippen LogP) is 2.57. The summed E-state index contributed by atoms with van der Waals surface area (Å²) < 4.78 is 10.6. The van der Waals surface area contributed by atoms with Gasteiger partial charge in [-0.2, -0.15) is 0 Å². The number of carbonyl (C=O) groups is 1. The minimum absolute atomic E-state index is 0.260. The van der Waals surface area contributed by atoms with Crippen molar-refractivity contribution in [2.24, 2.45) is 0 Å². The van der Waals surface area contributed by atoms with Crippen LogP contribution in [0.1, 0.15) is 23.7 Å². The number of nitrogens with one attached hydrogen (secondary N) is 1. The molecule has 0 aliphatic heterocycles. The van der Waals surface area contributed by atoms with Crippen LogP contribution in [-0.4, -0.2) is 37.8 Å². The minimum atomic E-state index is -0.339. The molecule has 0 fully saturated rings. The summed E-state index contributed by atoms with van der Waals surface area (Å²) in [6.07, 6.45) is 4.28. The quantitative estimate of drug-likeness (QED) is 0.710. The van der Waals surface area contributed by atoms with Crippen molar-refractivity contribution in [1.82, 2.24) is 10.3 Å². The number of carbonyl (C=O) groups excluding carboxylic acids is 1. The standard InChI is InChI=1S/C20H26N2O3/c1-4-15-5-8-17(22-14-15)11-12-25-18-9-6-16(7-10-18)13-19(21-2)20(23)24-3/h5-10,14,19,21H,4,11-13H2,1-3H3. The molecule has 0 amide bonds. The molecule has 0 bridgehead atoms. The Morgan fingerprint density at radius 1 is 1.16 bits per heavy atom. The molecule has 0 saturated heterocycles. The highest BCUT2D eigenvalue weighted by Gasteiger charge is 2.17. The number of ether oxygens (including phenoxy) is 2. The van der Waals surface area contributed by atoms with E-state index in [4.69, 9.17) is 9.47 Å². The summed E-state index contributed by atoms with van der Waals surface area (Å²) in [6, 6.07) is 11.6. The van der Waals surface area contributed by atoms with E-state index in [0.29, 0.717) is 13.0 Å². The van der Waals surface area contributed by atoms with Gasteiger partial charge in [0.05, 0.1) is 13.7 Å². The first-order chi connectivity index (χ1) is 12.2. The number of nitrogens with zero attached hydrogens (tertiary/aromatic N) is 1. The van der Waals surface area contributed by atoms with Gasteiger partial charge in [-0.25, -0.2) is 0 Å². The molecule has 134 valence electrons. The van der Waals surface area contributed by atoms with E-state index in [1.54, 1.807) is 7.05 Å². The maximum Gasteiger partial charge on any atom is 0.323 e. The summed E-state index contributed by atoms with van der Waals surface area (Å²) in [4.78, 5) is 16.0. The number of hydrogen-bond acceptors (Lipinski definition) is 5. The number of pyridine rings is 1. The van der Waals surface area contributed by atoms with Gasteiger partial charge in [0, 0.05) is 18.3 Å². The van der Waals surface area contributed by atoms with Gasteiger partial charge < -0.3 is 14.8 Å². The van der Waals surface area contributed by atoms with Gasteiger partial charge in [0.25, 0.3) is 0 Å². The van der Waals surface area contributed by atoms with Crippen LogP contribution in [0.4, 0.5) is 0 Å². The van der Waals surface area contributed by atoms with Crippen LogP contribution in [0.3, 0.4) is 0 Å². The van der Waals surface area contributed by atoms with Gasteiger partial charge >= 0.3 is 5.97 Å². The van der Waals surface area contributed by atoms with E-state index in [1.807, 2.05) is 30.5 Å². The molecule has 0 aliphatic carbocycles. The molecule has 0 aliphatic rings. The first-order valence-corrected chi connectivity index (χ1v) is 8.57. The molecular weight excluding hydrogens is 316 g/mol.